The average Bonchev–Trinajstić information content (AvgIpc) is 3.20. The minimum absolute atomic E-state index is 0.0422. The molecule has 2 heterocycles. The molecule has 346 valence electrons. The first kappa shape index (κ1) is 52.0. The van der Waals surface area contributed by atoms with Crippen molar-refractivity contribution in [3.8, 4) is 0 Å². The fraction of sp³-hybridized carbons (Fsp3) is 0.622. The van der Waals surface area contributed by atoms with Crippen LogP contribution in [0.5, 0.6) is 0 Å². The third kappa shape index (κ3) is 22.4. The maximum absolute atomic E-state index is 12.2. The summed E-state index contributed by atoms with van der Waals surface area (Å²) in [7, 11) is 0. The first-order chi connectivity index (χ1) is 29.5. The number of esters is 1. The van der Waals surface area contributed by atoms with Crippen LogP contribution in [0.25, 0.3) is 0 Å². The van der Waals surface area contributed by atoms with Crippen LogP contribution < -0.4 is 48.3 Å². The van der Waals surface area contributed by atoms with E-state index in [4.69, 9.17) is 9.47 Å². The minimum atomic E-state index is -2.28. The molecule has 0 fully saturated rings. The normalized spacial score (nSPS) is 12.7. The topological polar surface area (TPSA) is 378 Å². The second kappa shape index (κ2) is 29.1. The van der Waals surface area contributed by atoms with E-state index in [1.807, 2.05) is 0 Å². The van der Waals surface area contributed by atoms with Crippen molar-refractivity contribution in [3.63, 3.8) is 0 Å². The molecule has 2 aromatic heterocycles. The molecule has 25 heteroatoms. The van der Waals surface area contributed by atoms with Crippen LogP contribution in [0.3, 0.4) is 0 Å². The largest absolute Gasteiger partial charge is 0.464 e. The maximum Gasteiger partial charge on any atom is 0.407 e. The minimum Gasteiger partial charge on any atom is -0.464 e. The van der Waals surface area contributed by atoms with Gasteiger partial charge in [-0.3, -0.25) is 44.6 Å². The monoisotopic (exact) mass is 881 g/mol. The SMILES string of the molecule is Cc1cc(=O)[nH]c(NC(=O)NCCCCCCCC(=O)OCCNC(=O)[C@H](O)[C@@H](O)[C@@H](O)[C@H](O)C(=O)NCCOC(=O)NCCCCCCNC(=O)Nc2nc(C)cc(=O)[nH]2)n1. The van der Waals surface area contributed by atoms with Crippen molar-refractivity contribution in [1.29, 1.82) is 0 Å². The Morgan fingerprint density at radius 2 is 0.968 bits per heavy atom. The Bertz CT molecular complexity index is 1730. The number of alkyl carbamates (subject to hydrolysis) is 1. The molecule has 62 heavy (non-hydrogen) atoms. The summed E-state index contributed by atoms with van der Waals surface area (Å²) >= 11 is 0. The molecular formula is C37H59N11O14. The average molecular weight is 882 g/mol. The van der Waals surface area contributed by atoms with Crippen LogP contribution in [-0.4, -0.2) is 147 Å². The van der Waals surface area contributed by atoms with Crippen LogP contribution in [-0.2, 0) is 23.9 Å². The summed E-state index contributed by atoms with van der Waals surface area (Å²) < 4.78 is 9.96. The van der Waals surface area contributed by atoms with Crippen LogP contribution in [0.2, 0.25) is 0 Å². The van der Waals surface area contributed by atoms with E-state index in [9.17, 15) is 58.8 Å². The molecule has 0 aliphatic heterocycles. The summed E-state index contributed by atoms with van der Waals surface area (Å²) in [6, 6.07) is 1.58. The Hall–Kier alpha value is -6.18. The van der Waals surface area contributed by atoms with Gasteiger partial charge in [0.05, 0.1) is 13.1 Å². The number of nitrogens with zero attached hydrogens (tertiary/aromatic N) is 2. The van der Waals surface area contributed by atoms with Gasteiger partial charge >= 0.3 is 24.1 Å². The van der Waals surface area contributed by atoms with E-state index in [2.05, 4.69) is 57.2 Å². The number of aromatic amines is 2. The Kier molecular flexibility index (Phi) is 24.4. The van der Waals surface area contributed by atoms with E-state index >= 15 is 0 Å². The van der Waals surface area contributed by atoms with Gasteiger partial charge in [0.2, 0.25) is 11.9 Å². The summed E-state index contributed by atoms with van der Waals surface area (Å²) in [5, 5.41) is 57.7. The third-order valence-corrected chi connectivity index (χ3v) is 8.54. The lowest BCUT2D eigenvalue weighted by molar-refractivity contribution is -0.155. The summed E-state index contributed by atoms with van der Waals surface area (Å²) in [6.45, 7) is 3.26. The standard InChI is InChI=1S/C37H59N11O14/c1-22-20-24(49)45-33(43-22)47-35(58)40-13-9-5-3-4-8-12-26(51)61-18-16-38-31(56)29(54)27(52)28(53)30(55)32(57)39-17-19-62-37(60)42-15-11-7-6-10-14-41-36(59)48-34-44-23(2)21-25(50)46-34/h20-21,27-30,52-55H,3-19H2,1-2H3,(H,38,56)(H,39,57)(H,42,60)(H3,40,43,45,47,49,58)(H3,41,44,46,48,50,59)/t27-,28+,29+,30-/m0/s1. The van der Waals surface area contributed by atoms with Gasteiger partial charge in [-0.2, -0.15) is 0 Å². The number of H-pyrrole nitrogens is 2. The molecule has 0 aliphatic carbocycles. The van der Waals surface area contributed by atoms with Gasteiger partial charge in [-0.05, 0) is 39.5 Å². The highest BCUT2D eigenvalue weighted by molar-refractivity contribution is 5.87. The number of aryl methyl sites for hydroxylation is 2. The number of anilines is 2. The Balaban J connectivity index is 1.45. The molecule has 0 aromatic carbocycles. The van der Waals surface area contributed by atoms with Crippen molar-refractivity contribution in [3.05, 3.63) is 44.2 Å². The number of aliphatic hydroxyl groups excluding tert-OH is 4. The van der Waals surface area contributed by atoms with Gasteiger partial charge in [0, 0.05) is 49.6 Å². The predicted octanol–water partition coefficient (Wildman–Crippen LogP) is -1.74. The van der Waals surface area contributed by atoms with Crippen molar-refractivity contribution in [2.24, 2.45) is 0 Å². The number of ether oxygens (including phenoxy) is 2. The molecule has 0 spiro atoms. The number of aromatic nitrogens is 4. The first-order valence-corrected chi connectivity index (χ1v) is 20.1. The summed E-state index contributed by atoms with van der Waals surface area (Å²) in [5.41, 5.74) is 0.167. The van der Waals surface area contributed by atoms with E-state index in [-0.39, 0.29) is 55.7 Å². The molecule has 0 radical (unpaired) electrons. The zero-order chi connectivity index (χ0) is 45.9. The van der Waals surface area contributed by atoms with E-state index in [1.54, 1.807) is 13.8 Å². The zero-order valence-corrected chi connectivity index (χ0v) is 34.8. The van der Waals surface area contributed by atoms with Crippen molar-refractivity contribution in [2.75, 3.05) is 56.6 Å². The second-order valence-electron chi connectivity index (χ2n) is 13.9. The zero-order valence-electron chi connectivity index (χ0n) is 34.8. The first-order valence-electron chi connectivity index (χ1n) is 20.1. The molecule has 7 amide bonds. The molecule has 0 saturated carbocycles. The molecule has 2 aromatic rings. The number of hydrogen-bond acceptors (Lipinski definition) is 16. The number of aliphatic hydroxyl groups is 4. The lowest BCUT2D eigenvalue weighted by Gasteiger charge is -2.25. The van der Waals surface area contributed by atoms with Crippen molar-refractivity contribution >= 4 is 47.8 Å². The van der Waals surface area contributed by atoms with Crippen molar-refractivity contribution < 1.29 is 58.7 Å². The van der Waals surface area contributed by atoms with Gasteiger partial charge < -0.3 is 56.5 Å². The fourth-order valence-electron chi connectivity index (χ4n) is 5.38. The molecule has 4 atom stereocenters. The smallest absolute Gasteiger partial charge is 0.407 e. The van der Waals surface area contributed by atoms with Crippen molar-refractivity contribution in [2.45, 2.75) is 102 Å². The number of urea groups is 2. The van der Waals surface area contributed by atoms with E-state index < -0.39 is 60.4 Å². The number of nitrogens with one attached hydrogen (secondary N) is 9. The van der Waals surface area contributed by atoms with Crippen LogP contribution >= 0.6 is 0 Å². The Morgan fingerprint density at radius 3 is 1.42 bits per heavy atom. The second-order valence-corrected chi connectivity index (χ2v) is 13.9. The molecule has 0 aliphatic rings. The highest BCUT2D eigenvalue weighted by atomic mass is 16.5. The highest BCUT2D eigenvalue weighted by Gasteiger charge is 2.37. The number of rotatable bonds is 28. The summed E-state index contributed by atoms with van der Waals surface area (Å²) in [5.74, 6) is -2.77. The maximum atomic E-state index is 12.2. The van der Waals surface area contributed by atoms with Crippen LogP contribution in [0.4, 0.5) is 26.3 Å². The molecule has 0 saturated heterocycles. The van der Waals surface area contributed by atoms with Crippen LogP contribution in [0.15, 0.2) is 21.7 Å². The molecule has 13 N–H and O–H groups in total. The molecule has 0 bridgehead atoms. The van der Waals surface area contributed by atoms with Gasteiger partial charge in [0.1, 0.15) is 25.4 Å². The van der Waals surface area contributed by atoms with Gasteiger partial charge in [0.25, 0.3) is 22.9 Å². The van der Waals surface area contributed by atoms with Gasteiger partial charge in [0.15, 0.2) is 12.2 Å². The summed E-state index contributed by atoms with van der Waals surface area (Å²) in [4.78, 5) is 108. The van der Waals surface area contributed by atoms with E-state index in [0.29, 0.717) is 56.7 Å². The van der Waals surface area contributed by atoms with Crippen LogP contribution in [0, 0.1) is 13.8 Å². The predicted molar refractivity (Wildman–Crippen MR) is 220 cm³/mol. The molecule has 2 rings (SSSR count). The van der Waals surface area contributed by atoms with Gasteiger partial charge in [-0.15, -0.1) is 0 Å². The number of unbranched alkanes of at least 4 members (excludes halogenated alkanes) is 7. The summed E-state index contributed by atoms with van der Waals surface area (Å²) in [6.07, 6.45) is -3.41. The van der Waals surface area contributed by atoms with Crippen molar-refractivity contribution in [1.82, 2.24) is 46.5 Å². The lowest BCUT2D eigenvalue weighted by Crippen LogP contribution is -2.54. The Morgan fingerprint density at radius 1 is 0.565 bits per heavy atom. The lowest BCUT2D eigenvalue weighted by atomic mass is 10.0. The molecular weight excluding hydrogens is 822 g/mol. The van der Waals surface area contributed by atoms with Gasteiger partial charge in [-0.1, -0.05) is 32.1 Å². The quantitative estimate of drug-likeness (QED) is 0.0333. The number of carbonyl (C=O) groups is 6. The number of hydrogen-bond donors (Lipinski definition) is 13. The van der Waals surface area contributed by atoms with Crippen LogP contribution in [0.1, 0.15) is 75.6 Å². The third-order valence-electron chi connectivity index (χ3n) is 8.54. The number of amides is 7. The highest BCUT2D eigenvalue weighted by Crippen LogP contribution is 2.08. The molecule has 0 unspecified atom stereocenters. The number of carbonyl (C=O) groups excluding carboxylic acids is 6. The fourth-order valence-corrected chi connectivity index (χ4v) is 5.38. The molecule has 25 nitrogen and oxygen atoms in total. The van der Waals surface area contributed by atoms with E-state index in [1.165, 1.54) is 12.1 Å². The van der Waals surface area contributed by atoms with E-state index in [0.717, 1.165) is 32.1 Å². The Labute approximate surface area is 355 Å². The van der Waals surface area contributed by atoms with Gasteiger partial charge in [-0.25, -0.2) is 24.4 Å².